The zero-order chi connectivity index (χ0) is 8.13. The number of rotatable bonds is 0. The van der Waals surface area contributed by atoms with Gasteiger partial charge >= 0.3 is 0 Å². The third-order valence-electron chi connectivity index (χ3n) is 4.09. The molecule has 0 N–H and O–H groups in total. The average Bonchev–Trinajstić information content (AvgIpc) is 2.03. The van der Waals surface area contributed by atoms with E-state index in [4.69, 9.17) is 0 Å². The minimum atomic E-state index is 0.894. The van der Waals surface area contributed by atoms with Crippen LogP contribution in [-0.4, -0.2) is 23.5 Å². The Morgan fingerprint density at radius 1 is 1.17 bits per heavy atom. The molecule has 0 aromatic heterocycles. The predicted molar refractivity (Wildman–Crippen MR) is 50.0 cm³/mol. The van der Waals surface area contributed by atoms with Crippen molar-refractivity contribution in [3.63, 3.8) is 0 Å². The summed E-state index contributed by atoms with van der Waals surface area (Å²) in [5, 5.41) is 0. The summed E-state index contributed by atoms with van der Waals surface area (Å²) < 4.78 is 0. The molecule has 0 aromatic carbocycles. The summed E-state index contributed by atoms with van der Waals surface area (Å²) in [4.78, 5) is 2.73. The number of hydrogen-bond acceptors (Lipinski definition) is 1. The van der Waals surface area contributed by atoms with E-state index in [9.17, 15) is 0 Å². The molecule has 12 heavy (non-hydrogen) atoms. The lowest BCUT2D eigenvalue weighted by Crippen LogP contribution is -2.57. The van der Waals surface area contributed by atoms with Gasteiger partial charge in [-0.2, -0.15) is 0 Å². The van der Waals surface area contributed by atoms with Crippen LogP contribution in [-0.2, 0) is 0 Å². The van der Waals surface area contributed by atoms with Gasteiger partial charge in [-0.15, -0.1) is 0 Å². The molecule has 2 unspecified atom stereocenters. The zero-order valence-corrected chi connectivity index (χ0v) is 7.63. The predicted octanol–water partition coefficient (Wildman–Crippen LogP) is 2.19. The van der Waals surface area contributed by atoms with Gasteiger partial charge in [0.1, 0.15) is 0 Å². The highest BCUT2D eigenvalue weighted by atomic mass is 15.2. The fourth-order valence-electron chi connectivity index (χ4n) is 3.43. The summed E-state index contributed by atoms with van der Waals surface area (Å²) in [7, 11) is 0. The topological polar surface area (TPSA) is 3.24 Å². The van der Waals surface area contributed by atoms with Crippen LogP contribution in [0.15, 0.2) is 12.2 Å². The first-order valence-corrected chi connectivity index (χ1v) is 5.28. The SMILES string of the molecule is C=C1CN2C3CCCC2CC1C3. The largest absolute Gasteiger partial charge is 0.293 e. The second-order valence-corrected chi connectivity index (χ2v) is 4.74. The number of hydrogen-bond donors (Lipinski definition) is 0. The van der Waals surface area contributed by atoms with Gasteiger partial charge in [-0.25, -0.2) is 0 Å². The molecule has 1 heteroatoms. The molecule has 4 fully saturated rings. The van der Waals surface area contributed by atoms with Crippen molar-refractivity contribution in [2.45, 2.75) is 44.2 Å². The third-order valence-corrected chi connectivity index (χ3v) is 4.09. The molecule has 1 nitrogen and oxygen atoms in total. The van der Waals surface area contributed by atoms with E-state index in [1.165, 1.54) is 44.2 Å². The van der Waals surface area contributed by atoms with E-state index in [1.807, 2.05) is 0 Å². The van der Waals surface area contributed by atoms with E-state index < -0.39 is 0 Å². The smallest absolute Gasteiger partial charge is 0.0198 e. The maximum Gasteiger partial charge on any atom is 0.0198 e. The Bertz CT molecular complexity index is 207. The van der Waals surface area contributed by atoms with E-state index in [0.717, 1.165) is 18.0 Å². The summed E-state index contributed by atoms with van der Waals surface area (Å²) in [6, 6.07) is 1.88. The Morgan fingerprint density at radius 2 is 1.83 bits per heavy atom. The van der Waals surface area contributed by atoms with Crippen LogP contribution >= 0.6 is 0 Å². The standard InChI is InChI=1S/C11H17N/c1-8-7-12-10-3-2-4-11(12)6-9(8)5-10/h9-11H,1-7H2. The van der Waals surface area contributed by atoms with Crippen molar-refractivity contribution in [3.05, 3.63) is 12.2 Å². The van der Waals surface area contributed by atoms with Crippen LogP contribution in [0.4, 0.5) is 0 Å². The van der Waals surface area contributed by atoms with Gasteiger partial charge in [0.2, 0.25) is 0 Å². The van der Waals surface area contributed by atoms with Gasteiger partial charge in [-0.1, -0.05) is 18.6 Å². The van der Waals surface area contributed by atoms with Gasteiger partial charge in [0.05, 0.1) is 0 Å². The molecule has 66 valence electrons. The Hall–Kier alpha value is -0.300. The first-order chi connectivity index (χ1) is 5.84. The van der Waals surface area contributed by atoms with Crippen molar-refractivity contribution >= 4 is 0 Å². The van der Waals surface area contributed by atoms with Gasteiger partial charge in [0.15, 0.2) is 0 Å². The monoisotopic (exact) mass is 163 g/mol. The van der Waals surface area contributed by atoms with Crippen molar-refractivity contribution < 1.29 is 0 Å². The van der Waals surface area contributed by atoms with Gasteiger partial charge in [-0.3, -0.25) is 4.90 Å². The van der Waals surface area contributed by atoms with Crippen LogP contribution in [0.5, 0.6) is 0 Å². The van der Waals surface area contributed by atoms with E-state index in [0.29, 0.717) is 0 Å². The summed E-state index contributed by atoms with van der Waals surface area (Å²) in [5.41, 5.74) is 1.52. The highest BCUT2D eigenvalue weighted by molar-refractivity contribution is 5.15. The van der Waals surface area contributed by atoms with Crippen LogP contribution < -0.4 is 0 Å². The molecule has 4 aliphatic rings. The molecule has 0 aromatic rings. The van der Waals surface area contributed by atoms with Crippen molar-refractivity contribution in [1.82, 2.24) is 4.90 Å². The second kappa shape index (κ2) is 2.35. The molecule has 0 aliphatic carbocycles. The minimum absolute atomic E-state index is 0.894. The highest BCUT2D eigenvalue weighted by Crippen LogP contribution is 2.44. The lowest BCUT2D eigenvalue weighted by atomic mass is 9.71. The van der Waals surface area contributed by atoms with Crippen LogP contribution in [0.1, 0.15) is 32.1 Å². The summed E-state index contributed by atoms with van der Waals surface area (Å²) in [6.45, 7) is 5.40. The molecule has 4 heterocycles. The first-order valence-electron chi connectivity index (χ1n) is 5.28. The quantitative estimate of drug-likeness (QED) is 0.495. The lowest BCUT2D eigenvalue weighted by Gasteiger charge is -2.54. The van der Waals surface area contributed by atoms with Crippen LogP contribution in [0.2, 0.25) is 0 Å². The van der Waals surface area contributed by atoms with Gasteiger partial charge < -0.3 is 0 Å². The first kappa shape index (κ1) is 7.14. The van der Waals surface area contributed by atoms with Crippen LogP contribution in [0.3, 0.4) is 0 Å². The molecule has 0 saturated carbocycles. The normalized spacial score (nSPS) is 51.2. The molecule has 4 bridgehead atoms. The molecule has 0 spiro atoms. The maximum atomic E-state index is 4.18. The third kappa shape index (κ3) is 0.832. The average molecular weight is 163 g/mol. The minimum Gasteiger partial charge on any atom is -0.293 e. The fraction of sp³-hybridized carbons (Fsp3) is 0.818. The molecular weight excluding hydrogens is 146 g/mol. The lowest BCUT2D eigenvalue weighted by molar-refractivity contribution is -0.00266. The van der Waals surface area contributed by atoms with Crippen molar-refractivity contribution in [1.29, 1.82) is 0 Å². The Labute approximate surface area is 74.4 Å². The van der Waals surface area contributed by atoms with E-state index >= 15 is 0 Å². The second-order valence-electron chi connectivity index (χ2n) is 4.74. The van der Waals surface area contributed by atoms with Gasteiger partial charge in [0.25, 0.3) is 0 Å². The zero-order valence-electron chi connectivity index (χ0n) is 7.63. The van der Waals surface area contributed by atoms with Gasteiger partial charge in [-0.05, 0) is 31.6 Å². The fourth-order valence-corrected chi connectivity index (χ4v) is 3.43. The molecule has 4 aliphatic heterocycles. The molecule has 4 saturated heterocycles. The number of nitrogens with zero attached hydrogens (tertiary/aromatic N) is 1. The van der Waals surface area contributed by atoms with Crippen molar-refractivity contribution in [2.24, 2.45) is 5.92 Å². The van der Waals surface area contributed by atoms with Crippen LogP contribution in [0.25, 0.3) is 0 Å². The van der Waals surface area contributed by atoms with E-state index in [1.54, 1.807) is 0 Å². The molecular formula is C11H17N. The Balaban J connectivity index is 1.91. The van der Waals surface area contributed by atoms with E-state index in [-0.39, 0.29) is 0 Å². The number of piperidine rings is 4. The van der Waals surface area contributed by atoms with Crippen LogP contribution in [0, 0.1) is 5.92 Å². The molecule has 0 radical (unpaired) electrons. The maximum absolute atomic E-state index is 4.18. The Morgan fingerprint density at radius 3 is 2.42 bits per heavy atom. The summed E-state index contributed by atoms with van der Waals surface area (Å²) in [6.07, 6.45) is 7.25. The highest BCUT2D eigenvalue weighted by Gasteiger charge is 2.43. The van der Waals surface area contributed by atoms with Crippen molar-refractivity contribution in [3.8, 4) is 0 Å². The number of fused-ring (bicyclic) bond motifs is 1. The molecule has 4 rings (SSSR count). The van der Waals surface area contributed by atoms with Crippen molar-refractivity contribution in [2.75, 3.05) is 6.54 Å². The van der Waals surface area contributed by atoms with Gasteiger partial charge in [0, 0.05) is 18.6 Å². The summed E-state index contributed by atoms with van der Waals surface area (Å²) in [5.74, 6) is 0.894. The molecule has 0 amide bonds. The summed E-state index contributed by atoms with van der Waals surface area (Å²) >= 11 is 0. The van der Waals surface area contributed by atoms with E-state index in [2.05, 4.69) is 11.5 Å². The Kier molecular flexibility index (Phi) is 1.40. The molecule has 2 atom stereocenters.